The molecule has 0 aromatic carbocycles. The quantitative estimate of drug-likeness (QED) is 0.757. The molecule has 0 bridgehead atoms. The van der Waals surface area contributed by atoms with Gasteiger partial charge in [-0.05, 0) is 12.8 Å². The molecule has 0 radical (unpaired) electrons. The average Bonchev–Trinajstić information content (AvgIpc) is 2.82. The zero-order chi connectivity index (χ0) is 11.1. The van der Waals surface area contributed by atoms with Crippen molar-refractivity contribution < 1.29 is 10.2 Å². The molecular formula is C10H12N4O2. The third-order valence-electron chi connectivity index (χ3n) is 3.06. The Morgan fingerprint density at radius 3 is 2.69 bits per heavy atom. The fraction of sp³-hybridized carbons (Fsp3) is 0.500. The summed E-state index contributed by atoms with van der Waals surface area (Å²) in [6.45, 7) is 0. The van der Waals surface area contributed by atoms with E-state index in [0.717, 1.165) is 12.8 Å². The number of hydrogen-bond donors (Lipinski definition) is 2. The SMILES string of the molecule is Oc1nc(O)c2cn(C3CCCC3)nc2n1. The Bertz CT molecular complexity index is 531. The first kappa shape index (κ1) is 9.38. The smallest absolute Gasteiger partial charge is 0.319 e. The topological polar surface area (TPSA) is 84.1 Å². The lowest BCUT2D eigenvalue weighted by Gasteiger charge is -2.07. The van der Waals surface area contributed by atoms with Gasteiger partial charge < -0.3 is 10.2 Å². The minimum Gasteiger partial charge on any atom is -0.493 e. The van der Waals surface area contributed by atoms with Crippen molar-refractivity contribution in [1.29, 1.82) is 0 Å². The van der Waals surface area contributed by atoms with Crippen molar-refractivity contribution in [1.82, 2.24) is 19.7 Å². The highest BCUT2D eigenvalue weighted by Gasteiger charge is 2.19. The zero-order valence-corrected chi connectivity index (χ0v) is 8.67. The van der Waals surface area contributed by atoms with E-state index in [1.54, 1.807) is 6.20 Å². The fourth-order valence-corrected chi connectivity index (χ4v) is 2.25. The molecule has 1 aliphatic rings. The second-order valence-electron chi connectivity index (χ2n) is 4.13. The van der Waals surface area contributed by atoms with Crippen LogP contribution in [0.4, 0.5) is 0 Å². The maximum atomic E-state index is 9.54. The summed E-state index contributed by atoms with van der Waals surface area (Å²) < 4.78 is 1.82. The van der Waals surface area contributed by atoms with Crippen LogP contribution in [0.15, 0.2) is 6.20 Å². The van der Waals surface area contributed by atoms with E-state index in [-0.39, 0.29) is 5.88 Å². The summed E-state index contributed by atoms with van der Waals surface area (Å²) in [6.07, 6.45) is 6.38. The van der Waals surface area contributed by atoms with E-state index in [1.165, 1.54) is 12.8 Å². The Morgan fingerprint density at radius 2 is 1.94 bits per heavy atom. The van der Waals surface area contributed by atoms with Gasteiger partial charge in [0.2, 0.25) is 5.88 Å². The molecule has 0 spiro atoms. The molecule has 0 saturated heterocycles. The first-order chi connectivity index (χ1) is 7.74. The molecule has 3 rings (SSSR count). The molecular weight excluding hydrogens is 208 g/mol. The molecule has 1 saturated carbocycles. The van der Waals surface area contributed by atoms with Gasteiger partial charge in [0.05, 0.1) is 6.04 Å². The van der Waals surface area contributed by atoms with Gasteiger partial charge in [0, 0.05) is 6.20 Å². The first-order valence-electron chi connectivity index (χ1n) is 5.39. The van der Waals surface area contributed by atoms with Gasteiger partial charge in [-0.3, -0.25) is 4.68 Å². The van der Waals surface area contributed by atoms with Crippen LogP contribution in [-0.2, 0) is 0 Å². The summed E-state index contributed by atoms with van der Waals surface area (Å²) in [6, 6.07) is -0.0579. The molecule has 6 nitrogen and oxygen atoms in total. The van der Waals surface area contributed by atoms with Gasteiger partial charge >= 0.3 is 6.01 Å². The standard InChI is InChI=1S/C10H12N4O2/c15-9-7-5-14(6-3-1-2-4-6)13-8(7)11-10(16)12-9/h5-6H,1-4H2,(H2,11,12,13,15,16). The second kappa shape index (κ2) is 3.33. The average molecular weight is 220 g/mol. The molecule has 84 valence electrons. The Balaban J connectivity index is 2.11. The minimum absolute atomic E-state index is 0.216. The van der Waals surface area contributed by atoms with Crippen molar-refractivity contribution >= 4 is 11.0 Å². The summed E-state index contributed by atoms with van der Waals surface area (Å²) in [5.74, 6) is -0.216. The number of rotatable bonds is 1. The molecule has 2 aromatic rings. The molecule has 0 atom stereocenters. The molecule has 1 fully saturated rings. The number of hydrogen-bond acceptors (Lipinski definition) is 5. The van der Waals surface area contributed by atoms with Crippen LogP contribution >= 0.6 is 0 Å². The van der Waals surface area contributed by atoms with E-state index in [2.05, 4.69) is 15.1 Å². The van der Waals surface area contributed by atoms with Crippen LogP contribution in [0.3, 0.4) is 0 Å². The normalized spacial score (nSPS) is 17.2. The van der Waals surface area contributed by atoms with Crippen molar-refractivity contribution in [3.8, 4) is 11.9 Å². The van der Waals surface area contributed by atoms with Crippen LogP contribution in [0.25, 0.3) is 11.0 Å². The Hall–Kier alpha value is -1.85. The van der Waals surface area contributed by atoms with Gasteiger partial charge in [0.1, 0.15) is 5.39 Å². The number of nitrogens with zero attached hydrogens (tertiary/aromatic N) is 4. The van der Waals surface area contributed by atoms with E-state index in [0.29, 0.717) is 17.1 Å². The van der Waals surface area contributed by atoms with Crippen LogP contribution in [0.2, 0.25) is 0 Å². The summed E-state index contributed by atoms with van der Waals surface area (Å²) >= 11 is 0. The van der Waals surface area contributed by atoms with Crippen molar-refractivity contribution in [3.63, 3.8) is 0 Å². The highest BCUT2D eigenvalue weighted by molar-refractivity contribution is 5.79. The van der Waals surface area contributed by atoms with Crippen molar-refractivity contribution in [2.45, 2.75) is 31.7 Å². The van der Waals surface area contributed by atoms with Gasteiger partial charge in [0.25, 0.3) is 0 Å². The summed E-state index contributed by atoms with van der Waals surface area (Å²) in [4.78, 5) is 7.27. The van der Waals surface area contributed by atoms with Gasteiger partial charge in [-0.25, -0.2) is 0 Å². The van der Waals surface area contributed by atoms with E-state index < -0.39 is 6.01 Å². The predicted molar refractivity (Wildman–Crippen MR) is 56.2 cm³/mol. The summed E-state index contributed by atoms with van der Waals surface area (Å²) in [7, 11) is 0. The van der Waals surface area contributed by atoms with Crippen molar-refractivity contribution in [2.75, 3.05) is 0 Å². The monoisotopic (exact) mass is 220 g/mol. The fourth-order valence-electron chi connectivity index (χ4n) is 2.25. The Kier molecular flexibility index (Phi) is 1.95. The minimum atomic E-state index is -0.443. The maximum Gasteiger partial charge on any atom is 0.319 e. The van der Waals surface area contributed by atoms with E-state index in [4.69, 9.17) is 5.11 Å². The van der Waals surface area contributed by atoms with Crippen LogP contribution in [0.1, 0.15) is 31.7 Å². The predicted octanol–water partition coefficient (Wildman–Crippen LogP) is 1.35. The van der Waals surface area contributed by atoms with Crippen LogP contribution < -0.4 is 0 Å². The van der Waals surface area contributed by atoms with Crippen LogP contribution in [-0.4, -0.2) is 30.0 Å². The van der Waals surface area contributed by atoms with Crippen molar-refractivity contribution in [3.05, 3.63) is 6.20 Å². The summed E-state index contributed by atoms with van der Waals surface area (Å²) in [5, 5.41) is 23.5. The largest absolute Gasteiger partial charge is 0.493 e. The second-order valence-corrected chi connectivity index (χ2v) is 4.13. The van der Waals surface area contributed by atoms with Gasteiger partial charge in [-0.1, -0.05) is 12.8 Å². The van der Waals surface area contributed by atoms with E-state index >= 15 is 0 Å². The molecule has 1 aliphatic carbocycles. The Morgan fingerprint density at radius 1 is 1.19 bits per heavy atom. The van der Waals surface area contributed by atoms with Gasteiger partial charge in [0.15, 0.2) is 5.65 Å². The number of aromatic nitrogens is 4. The molecule has 2 heterocycles. The highest BCUT2D eigenvalue weighted by atomic mass is 16.3. The molecule has 6 heteroatoms. The third-order valence-corrected chi connectivity index (χ3v) is 3.06. The highest BCUT2D eigenvalue weighted by Crippen LogP contribution is 2.31. The van der Waals surface area contributed by atoms with Crippen LogP contribution in [0, 0.1) is 0 Å². The lowest BCUT2D eigenvalue weighted by atomic mass is 10.2. The molecule has 2 aromatic heterocycles. The van der Waals surface area contributed by atoms with Crippen LogP contribution in [0.5, 0.6) is 11.9 Å². The van der Waals surface area contributed by atoms with Gasteiger partial charge in [-0.15, -0.1) is 0 Å². The molecule has 16 heavy (non-hydrogen) atoms. The molecule has 0 aliphatic heterocycles. The first-order valence-corrected chi connectivity index (χ1v) is 5.39. The van der Waals surface area contributed by atoms with Crippen molar-refractivity contribution in [2.24, 2.45) is 0 Å². The lowest BCUT2D eigenvalue weighted by Crippen LogP contribution is -2.04. The van der Waals surface area contributed by atoms with Gasteiger partial charge in [-0.2, -0.15) is 15.1 Å². The number of aromatic hydroxyl groups is 2. The van der Waals surface area contributed by atoms with E-state index in [9.17, 15) is 5.11 Å². The molecule has 0 unspecified atom stereocenters. The Labute approximate surface area is 91.6 Å². The molecule has 0 amide bonds. The zero-order valence-electron chi connectivity index (χ0n) is 8.67. The number of fused-ring (bicyclic) bond motifs is 1. The summed E-state index contributed by atoms with van der Waals surface area (Å²) in [5.41, 5.74) is 0.344. The molecule has 2 N–H and O–H groups in total. The van der Waals surface area contributed by atoms with E-state index in [1.807, 2.05) is 4.68 Å². The lowest BCUT2D eigenvalue weighted by molar-refractivity contribution is 0.403. The third kappa shape index (κ3) is 1.37. The maximum absolute atomic E-state index is 9.54.